The Bertz CT molecular complexity index is 1070. The molecule has 1 N–H and O–H groups in total. The van der Waals surface area contributed by atoms with Crippen molar-refractivity contribution in [3.05, 3.63) is 60.7 Å². The molecule has 140 valence electrons. The van der Waals surface area contributed by atoms with Crippen LogP contribution in [-0.4, -0.2) is 41.7 Å². The Labute approximate surface area is 159 Å². The highest BCUT2D eigenvalue weighted by Gasteiger charge is 2.22. The van der Waals surface area contributed by atoms with Crippen LogP contribution in [0, 0.1) is 0 Å². The topological polar surface area (TPSA) is 58.6 Å². The fourth-order valence-electron chi connectivity index (χ4n) is 3.46. The van der Waals surface area contributed by atoms with Crippen LogP contribution in [0.4, 0.5) is 5.69 Å². The lowest BCUT2D eigenvalue weighted by Gasteiger charge is -2.30. The van der Waals surface area contributed by atoms with Crippen LogP contribution in [0.3, 0.4) is 0 Å². The predicted molar refractivity (Wildman–Crippen MR) is 107 cm³/mol. The number of nitrogens with one attached hydrogen (secondary N) is 1. The maximum atomic E-state index is 13.2. The van der Waals surface area contributed by atoms with Crippen LogP contribution in [-0.2, 0) is 9.84 Å². The Kier molecular flexibility index (Phi) is 4.76. The molecule has 0 saturated carbocycles. The molecule has 5 nitrogen and oxygen atoms in total. The molecule has 27 heavy (non-hydrogen) atoms. The first-order chi connectivity index (χ1) is 13.1. The minimum Gasteiger partial charge on any atom is -0.495 e. The van der Waals surface area contributed by atoms with E-state index < -0.39 is 9.84 Å². The fraction of sp³-hybridized carbons (Fsp3) is 0.238. The smallest absolute Gasteiger partial charge is 0.206 e. The van der Waals surface area contributed by atoms with Crippen molar-refractivity contribution >= 4 is 26.3 Å². The van der Waals surface area contributed by atoms with Gasteiger partial charge < -0.3 is 15.0 Å². The standard InChI is InChI=1S/C21H22N2O3S/c1-26-21-15-19(8-9-20(21)23-12-10-22-11-13-23)27(24,25)18-7-6-16-4-2-3-5-17(16)14-18/h2-9,14-15,22H,10-13H2,1H3. The van der Waals surface area contributed by atoms with Crippen molar-refractivity contribution in [1.29, 1.82) is 0 Å². The van der Waals surface area contributed by atoms with E-state index in [1.165, 1.54) is 0 Å². The Morgan fingerprint density at radius 3 is 2.30 bits per heavy atom. The molecular weight excluding hydrogens is 360 g/mol. The number of ether oxygens (including phenoxy) is 1. The molecule has 1 saturated heterocycles. The van der Waals surface area contributed by atoms with Gasteiger partial charge in [-0.15, -0.1) is 0 Å². The summed E-state index contributed by atoms with van der Waals surface area (Å²) in [4.78, 5) is 2.74. The van der Waals surface area contributed by atoms with Crippen molar-refractivity contribution in [2.75, 3.05) is 38.2 Å². The summed E-state index contributed by atoms with van der Waals surface area (Å²) in [5.41, 5.74) is 0.927. The molecule has 0 unspecified atom stereocenters. The van der Waals surface area contributed by atoms with Crippen molar-refractivity contribution in [2.24, 2.45) is 0 Å². The van der Waals surface area contributed by atoms with E-state index >= 15 is 0 Å². The van der Waals surface area contributed by atoms with Crippen molar-refractivity contribution in [3.8, 4) is 5.75 Å². The third kappa shape index (κ3) is 3.38. The Morgan fingerprint density at radius 2 is 1.56 bits per heavy atom. The van der Waals surface area contributed by atoms with Gasteiger partial charge in [0, 0.05) is 32.2 Å². The van der Waals surface area contributed by atoms with Gasteiger partial charge in [-0.25, -0.2) is 8.42 Å². The molecular formula is C21H22N2O3S. The third-order valence-electron chi connectivity index (χ3n) is 4.95. The number of nitrogens with zero attached hydrogens (tertiary/aromatic N) is 1. The lowest BCUT2D eigenvalue weighted by molar-refractivity contribution is 0.411. The van der Waals surface area contributed by atoms with E-state index in [2.05, 4.69) is 10.2 Å². The molecule has 1 heterocycles. The summed E-state index contributed by atoms with van der Waals surface area (Å²) in [6.45, 7) is 3.54. The summed E-state index contributed by atoms with van der Waals surface area (Å²) in [5, 5.41) is 5.24. The molecule has 0 amide bonds. The van der Waals surface area contributed by atoms with Gasteiger partial charge in [0.1, 0.15) is 5.75 Å². The normalized spacial score (nSPS) is 15.1. The third-order valence-corrected chi connectivity index (χ3v) is 6.70. The van der Waals surface area contributed by atoms with Crippen LogP contribution < -0.4 is 15.0 Å². The minimum atomic E-state index is -3.62. The highest BCUT2D eigenvalue weighted by molar-refractivity contribution is 7.91. The highest BCUT2D eigenvalue weighted by Crippen LogP contribution is 2.33. The number of rotatable bonds is 4. The van der Waals surface area contributed by atoms with Crippen LogP contribution in [0.25, 0.3) is 10.8 Å². The summed E-state index contributed by atoms with van der Waals surface area (Å²) in [5.74, 6) is 0.582. The molecule has 1 aliphatic rings. The van der Waals surface area contributed by atoms with Gasteiger partial charge in [-0.3, -0.25) is 0 Å². The summed E-state index contributed by atoms with van der Waals surface area (Å²) < 4.78 is 31.8. The molecule has 0 bridgehead atoms. The molecule has 0 aliphatic carbocycles. The van der Waals surface area contributed by atoms with Crippen LogP contribution in [0.1, 0.15) is 0 Å². The van der Waals surface area contributed by atoms with E-state index in [9.17, 15) is 8.42 Å². The van der Waals surface area contributed by atoms with E-state index in [0.717, 1.165) is 42.6 Å². The molecule has 0 spiro atoms. The molecule has 3 aromatic rings. The Morgan fingerprint density at radius 1 is 0.889 bits per heavy atom. The highest BCUT2D eigenvalue weighted by atomic mass is 32.2. The fourth-order valence-corrected chi connectivity index (χ4v) is 4.77. The Balaban J connectivity index is 1.74. The zero-order valence-corrected chi connectivity index (χ0v) is 16.0. The van der Waals surface area contributed by atoms with Gasteiger partial charge in [0.2, 0.25) is 9.84 Å². The number of piperazine rings is 1. The van der Waals surface area contributed by atoms with Gasteiger partial charge in [-0.05, 0) is 35.0 Å². The SMILES string of the molecule is COc1cc(S(=O)(=O)c2ccc3ccccc3c2)ccc1N1CCNCC1. The number of fused-ring (bicyclic) bond motifs is 1. The van der Waals surface area contributed by atoms with Crippen LogP contribution in [0.15, 0.2) is 70.5 Å². The van der Waals surface area contributed by atoms with Gasteiger partial charge >= 0.3 is 0 Å². The quantitative estimate of drug-likeness (QED) is 0.751. The van der Waals surface area contributed by atoms with Crippen molar-refractivity contribution in [2.45, 2.75) is 9.79 Å². The van der Waals surface area contributed by atoms with Crippen molar-refractivity contribution < 1.29 is 13.2 Å². The first-order valence-corrected chi connectivity index (χ1v) is 10.5. The monoisotopic (exact) mass is 382 g/mol. The van der Waals surface area contributed by atoms with E-state index in [1.807, 2.05) is 36.4 Å². The molecule has 0 aromatic heterocycles. The number of anilines is 1. The second-order valence-electron chi connectivity index (χ2n) is 6.58. The average molecular weight is 382 g/mol. The summed E-state index contributed by atoms with van der Waals surface area (Å²) in [6.07, 6.45) is 0. The summed E-state index contributed by atoms with van der Waals surface area (Å²) in [6, 6.07) is 18.1. The van der Waals surface area contributed by atoms with E-state index in [0.29, 0.717) is 5.75 Å². The van der Waals surface area contributed by atoms with Crippen molar-refractivity contribution in [3.63, 3.8) is 0 Å². The first kappa shape index (κ1) is 17.8. The van der Waals surface area contributed by atoms with E-state index in [-0.39, 0.29) is 9.79 Å². The second kappa shape index (κ2) is 7.21. The van der Waals surface area contributed by atoms with Gasteiger partial charge in [-0.1, -0.05) is 30.3 Å². The summed E-state index contributed by atoms with van der Waals surface area (Å²) in [7, 11) is -2.04. The molecule has 0 atom stereocenters. The van der Waals surface area contributed by atoms with Crippen LogP contribution in [0.2, 0.25) is 0 Å². The summed E-state index contributed by atoms with van der Waals surface area (Å²) >= 11 is 0. The number of hydrogen-bond donors (Lipinski definition) is 1. The van der Waals surface area contributed by atoms with E-state index in [4.69, 9.17) is 4.74 Å². The van der Waals surface area contributed by atoms with Gasteiger partial charge in [-0.2, -0.15) is 0 Å². The Hall–Kier alpha value is -2.57. The maximum Gasteiger partial charge on any atom is 0.206 e. The van der Waals surface area contributed by atoms with Crippen LogP contribution in [0.5, 0.6) is 5.75 Å². The zero-order chi connectivity index (χ0) is 18.9. The maximum absolute atomic E-state index is 13.2. The van der Waals surface area contributed by atoms with Gasteiger partial charge in [0.25, 0.3) is 0 Å². The molecule has 4 rings (SSSR count). The lowest BCUT2D eigenvalue weighted by Crippen LogP contribution is -2.43. The molecule has 1 aliphatic heterocycles. The lowest BCUT2D eigenvalue weighted by atomic mass is 10.1. The minimum absolute atomic E-state index is 0.244. The van der Waals surface area contributed by atoms with Gasteiger partial charge in [0.05, 0.1) is 22.6 Å². The largest absolute Gasteiger partial charge is 0.495 e. The van der Waals surface area contributed by atoms with Crippen molar-refractivity contribution in [1.82, 2.24) is 5.32 Å². The van der Waals surface area contributed by atoms with E-state index in [1.54, 1.807) is 31.4 Å². The molecule has 1 fully saturated rings. The molecule has 3 aromatic carbocycles. The van der Waals surface area contributed by atoms with Gasteiger partial charge in [0.15, 0.2) is 0 Å². The average Bonchev–Trinajstić information content (AvgIpc) is 2.73. The van der Waals surface area contributed by atoms with Crippen LogP contribution >= 0.6 is 0 Å². The zero-order valence-electron chi connectivity index (χ0n) is 15.2. The number of methoxy groups -OCH3 is 1. The number of hydrogen-bond acceptors (Lipinski definition) is 5. The molecule has 6 heteroatoms. The number of benzene rings is 3. The first-order valence-electron chi connectivity index (χ1n) is 8.97. The second-order valence-corrected chi connectivity index (χ2v) is 8.53. The molecule has 0 radical (unpaired) electrons. The predicted octanol–water partition coefficient (Wildman–Crippen LogP) is 3.09. The number of sulfone groups is 1.